The van der Waals surface area contributed by atoms with Gasteiger partial charge in [0, 0.05) is 56.7 Å². The number of rotatable bonds is 2. The summed E-state index contributed by atoms with van der Waals surface area (Å²) in [7, 11) is 0. The third kappa shape index (κ3) is 1.48. The lowest BCUT2D eigenvalue weighted by molar-refractivity contribution is 0.0134. The van der Waals surface area contributed by atoms with Gasteiger partial charge in [-0.2, -0.15) is 0 Å². The molecule has 0 saturated carbocycles. The molecule has 0 N–H and O–H groups in total. The maximum Gasteiger partial charge on any atom is 0.193 e. The second kappa shape index (κ2) is 4.91. The molecule has 4 nitrogen and oxygen atoms in total. The quantitative estimate of drug-likeness (QED) is 0.543. The predicted molar refractivity (Wildman–Crippen MR) is 101 cm³/mol. The molecule has 0 atom stereocenters. The van der Waals surface area contributed by atoms with Crippen molar-refractivity contribution in [3.63, 3.8) is 0 Å². The van der Waals surface area contributed by atoms with E-state index in [0.29, 0.717) is 56.7 Å². The zero-order valence-electron chi connectivity index (χ0n) is 15.0. The summed E-state index contributed by atoms with van der Waals surface area (Å²) in [6, 6.07) is 15.7. The molecule has 6 rings (SSSR count). The monoisotopic (exact) mass is 366 g/mol. The number of hydrogen-bond acceptors (Lipinski definition) is 4. The van der Waals surface area contributed by atoms with E-state index in [1.807, 2.05) is 6.92 Å². The van der Waals surface area contributed by atoms with Gasteiger partial charge >= 0.3 is 0 Å². The minimum Gasteiger partial charge on any atom is -0.361 e. The van der Waals surface area contributed by atoms with Crippen molar-refractivity contribution in [1.82, 2.24) is 0 Å². The van der Waals surface area contributed by atoms with Crippen molar-refractivity contribution in [2.24, 2.45) is 0 Å². The second-order valence-electron chi connectivity index (χ2n) is 7.29. The summed E-state index contributed by atoms with van der Waals surface area (Å²) < 4.78 is 6.44. The van der Waals surface area contributed by atoms with Crippen molar-refractivity contribution in [2.75, 3.05) is 6.61 Å². The van der Waals surface area contributed by atoms with Crippen LogP contribution in [0.1, 0.15) is 71.4 Å². The van der Waals surface area contributed by atoms with Gasteiger partial charge in [-0.05, 0) is 6.92 Å². The Hall–Kier alpha value is -3.37. The van der Waals surface area contributed by atoms with Crippen molar-refractivity contribution in [3.8, 4) is 0 Å². The van der Waals surface area contributed by atoms with Gasteiger partial charge in [-0.1, -0.05) is 54.6 Å². The summed E-state index contributed by atoms with van der Waals surface area (Å²) in [6.45, 7) is 2.25. The van der Waals surface area contributed by atoms with Crippen LogP contribution in [0.4, 0.5) is 0 Å². The summed E-state index contributed by atoms with van der Waals surface area (Å²) in [6.07, 6.45) is 0. The highest BCUT2D eigenvalue weighted by atomic mass is 16.5. The third-order valence-electron chi connectivity index (χ3n) is 6.08. The molecule has 0 aromatic heterocycles. The lowest BCUT2D eigenvalue weighted by Crippen LogP contribution is -2.48. The van der Waals surface area contributed by atoms with E-state index in [1.54, 1.807) is 54.6 Å². The molecule has 3 aromatic carbocycles. The van der Waals surface area contributed by atoms with E-state index >= 15 is 0 Å². The van der Waals surface area contributed by atoms with Crippen LogP contribution in [-0.4, -0.2) is 24.0 Å². The molecule has 3 aromatic rings. The summed E-state index contributed by atoms with van der Waals surface area (Å²) in [5.74, 6) is -0.521. The first-order chi connectivity index (χ1) is 13.6. The van der Waals surface area contributed by atoms with Crippen LogP contribution < -0.4 is 0 Å². The Kier molecular flexibility index (Phi) is 2.75. The first-order valence-corrected chi connectivity index (χ1v) is 9.29. The van der Waals surface area contributed by atoms with Crippen LogP contribution in [0.25, 0.3) is 0 Å². The molecule has 3 aliphatic carbocycles. The van der Waals surface area contributed by atoms with E-state index in [-0.39, 0.29) is 17.3 Å². The van der Waals surface area contributed by atoms with Gasteiger partial charge in [-0.15, -0.1) is 0 Å². The van der Waals surface area contributed by atoms with E-state index in [1.165, 1.54) is 0 Å². The minimum atomic E-state index is -1.12. The van der Waals surface area contributed by atoms with Gasteiger partial charge < -0.3 is 4.74 Å². The molecule has 0 aliphatic heterocycles. The molecule has 28 heavy (non-hydrogen) atoms. The number of carbonyl (C=O) groups is 3. The summed E-state index contributed by atoms with van der Waals surface area (Å²) in [5, 5.41) is 0. The van der Waals surface area contributed by atoms with Gasteiger partial charge in [0.2, 0.25) is 0 Å². The third-order valence-corrected chi connectivity index (χ3v) is 6.08. The highest BCUT2D eigenvalue weighted by Gasteiger charge is 2.57. The average molecular weight is 366 g/mol. The fourth-order valence-electron chi connectivity index (χ4n) is 5.17. The standard InChI is InChI=1S/C24H14O4/c1-2-28-24-18-12-6-3-7-13(18)22(26)15-9-5-11-17(20(15)24)23(27)16-10-4-8-14(19(16)24)21(12)25/h3-11H,2H2,1H3. The molecule has 0 radical (unpaired) electrons. The van der Waals surface area contributed by atoms with Crippen molar-refractivity contribution in [2.45, 2.75) is 12.5 Å². The van der Waals surface area contributed by atoms with Crippen LogP contribution in [0, 0.1) is 0 Å². The van der Waals surface area contributed by atoms with Gasteiger partial charge in [0.05, 0.1) is 0 Å². The molecule has 3 aliphatic rings. The number of carbonyl (C=O) groups excluding carboxylic acids is 3. The van der Waals surface area contributed by atoms with Crippen LogP contribution in [0.5, 0.6) is 0 Å². The van der Waals surface area contributed by atoms with Gasteiger partial charge in [-0.25, -0.2) is 0 Å². The molecule has 0 unspecified atom stereocenters. The zero-order valence-corrected chi connectivity index (χ0v) is 15.0. The molecule has 0 saturated heterocycles. The number of hydrogen-bond donors (Lipinski definition) is 0. The van der Waals surface area contributed by atoms with Crippen LogP contribution in [-0.2, 0) is 10.3 Å². The Labute approximate surface area is 160 Å². The van der Waals surface area contributed by atoms with Crippen molar-refractivity contribution in [3.05, 3.63) is 105 Å². The molecular formula is C24H14O4. The van der Waals surface area contributed by atoms with Crippen LogP contribution in [0.2, 0.25) is 0 Å². The van der Waals surface area contributed by atoms with Crippen LogP contribution in [0.3, 0.4) is 0 Å². The molecule has 4 heteroatoms. The fourth-order valence-corrected chi connectivity index (χ4v) is 5.17. The fraction of sp³-hybridized carbons (Fsp3) is 0.125. The van der Waals surface area contributed by atoms with E-state index in [0.717, 1.165) is 0 Å². The SMILES string of the molecule is CCOC12c3c4cccc3C(=O)c3cccc(c31)C(=O)c1cccc(c12)C4=O. The topological polar surface area (TPSA) is 60.4 Å². The normalized spacial score (nSPS) is 16.8. The second-order valence-corrected chi connectivity index (χ2v) is 7.29. The molecule has 0 amide bonds. The Balaban J connectivity index is 1.94. The maximum absolute atomic E-state index is 13.3. The Morgan fingerprint density at radius 2 is 0.893 bits per heavy atom. The van der Waals surface area contributed by atoms with Crippen LogP contribution >= 0.6 is 0 Å². The van der Waals surface area contributed by atoms with E-state index in [4.69, 9.17) is 4.74 Å². The van der Waals surface area contributed by atoms with Gasteiger partial charge in [-0.3, -0.25) is 14.4 Å². The molecule has 0 bridgehead atoms. The lowest BCUT2D eigenvalue weighted by Gasteiger charge is -2.47. The predicted octanol–water partition coefficient (Wildman–Crippen LogP) is 3.65. The van der Waals surface area contributed by atoms with E-state index in [2.05, 4.69) is 0 Å². The summed E-state index contributed by atoms with van der Waals surface area (Å²) >= 11 is 0. The molecule has 0 heterocycles. The van der Waals surface area contributed by atoms with Gasteiger partial charge in [0.15, 0.2) is 17.3 Å². The maximum atomic E-state index is 13.3. The Morgan fingerprint density at radius 1 is 0.607 bits per heavy atom. The zero-order chi connectivity index (χ0) is 19.2. The molecule has 134 valence electrons. The Bertz CT molecular complexity index is 1060. The highest BCUT2D eigenvalue weighted by molar-refractivity contribution is 6.25. The van der Waals surface area contributed by atoms with Gasteiger partial charge in [0.1, 0.15) is 5.60 Å². The van der Waals surface area contributed by atoms with E-state index in [9.17, 15) is 14.4 Å². The summed E-state index contributed by atoms with van der Waals surface area (Å²) in [5.41, 5.74) is 3.46. The molecule has 0 fully saturated rings. The average Bonchev–Trinajstić information content (AvgIpc) is 2.73. The minimum absolute atomic E-state index is 0.174. The lowest BCUT2D eigenvalue weighted by atomic mass is 9.59. The largest absolute Gasteiger partial charge is 0.361 e. The highest BCUT2D eigenvalue weighted by Crippen LogP contribution is 2.56. The molecule has 0 spiro atoms. The smallest absolute Gasteiger partial charge is 0.193 e. The Morgan fingerprint density at radius 3 is 1.14 bits per heavy atom. The van der Waals surface area contributed by atoms with Crippen molar-refractivity contribution < 1.29 is 19.1 Å². The van der Waals surface area contributed by atoms with Gasteiger partial charge in [0.25, 0.3) is 0 Å². The van der Waals surface area contributed by atoms with E-state index < -0.39 is 5.60 Å². The first kappa shape index (κ1) is 15.7. The van der Waals surface area contributed by atoms with Crippen molar-refractivity contribution in [1.29, 1.82) is 0 Å². The van der Waals surface area contributed by atoms with Crippen molar-refractivity contribution >= 4 is 17.3 Å². The number of ketones is 3. The molecular weight excluding hydrogens is 352 g/mol. The first-order valence-electron chi connectivity index (χ1n) is 9.29. The van der Waals surface area contributed by atoms with Crippen LogP contribution in [0.15, 0.2) is 54.6 Å². The summed E-state index contributed by atoms with van der Waals surface area (Å²) in [4.78, 5) is 39.9. The number of ether oxygens (including phenoxy) is 1. The number of benzene rings is 3.